The molecule has 2 aromatic rings. The molecule has 0 aliphatic carbocycles. The predicted molar refractivity (Wildman–Crippen MR) is 82.3 cm³/mol. The highest BCUT2D eigenvalue weighted by molar-refractivity contribution is 9.10. The molecule has 110 valence electrons. The summed E-state index contributed by atoms with van der Waals surface area (Å²) in [7, 11) is 0. The third kappa shape index (κ3) is 4.61. The zero-order valence-electron chi connectivity index (χ0n) is 11.1. The molecule has 0 radical (unpaired) electrons. The molecule has 1 N–H and O–H groups in total. The number of hydrogen-bond donors (Lipinski definition) is 1. The lowest BCUT2D eigenvalue weighted by Gasteiger charge is -2.01. The van der Waals surface area contributed by atoms with Gasteiger partial charge in [-0.2, -0.15) is 0 Å². The predicted octanol–water partition coefficient (Wildman–Crippen LogP) is 2.66. The summed E-state index contributed by atoms with van der Waals surface area (Å²) < 4.78 is 5.56. The number of aromatic nitrogens is 2. The first-order chi connectivity index (χ1) is 10.1. The molecular weight excluding hydrogens is 358 g/mol. The summed E-state index contributed by atoms with van der Waals surface area (Å²) in [6, 6.07) is 1.66. The zero-order valence-corrected chi connectivity index (χ0v) is 13.5. The molecule has 0 spiro atoms. The van der Waals surface area contributed by atoms with Crippen molar-refractivity contribution in [3.8, 4) is 0 Å². The standard InChI is InChI=1S/C13H12BrN3O3S/c1-2-20-11(18)4-10-7-21-13(16-10)17-12(19)8-3-9(14)6-15-5-8/h3,5-7H,2,4H2,1H3,(H,16,17,19). The molecular formula is C13H12BrN3O3S. The Hall–Kier alpha value is -1.80. The molecule has 8 heteroatoms. The Morgan fingerprint density at radius 3 is 2.95 bits per heavy atom. The van der Waals surface area contributed by atoms with Gasteiger partial charge in [0.2, 0.25) is 0 Å². The van der Waals surface area contributed by atoms with Gasteiger partial charge in [0.1, 0.15) is 0 Å². The lowest BCUT2D eigenvalue weighted by molar-refractivity contribution is -0.142. The fourth-order valence-corrected chi connectivity index (χ4v) is 2.58. The van der Waals surface area contributed by atoms with Crippen LogP contribution in [0.4, 0.5) is 5.13 Å². The molecule has 1 amide bonds. The molecule has 0 atom stereocenters. The van der Waals surface area contributed by atoms with Crippen LogP contribution in [0.2, 0.25) is 0 Å². The van der Waals surface area contributed by atoms with Gasteiger partial charge in [0.05, 0.1) is 24.3 Å². The number of anilines is 1. The first kappa shape index (κ1) is 15.6. The molecule has 0 aliphatic rings. The highest BCUT2D eigenvalue weighted by Gasteiger charge is 2.12. The summed E-state index contributed by atoms with van der Waals surface area (Å²) >= 11 is 4.51. The van der Waals surface area contributed by atoms with Gasteiger partial charge in [0, 0.05) is 22.2 Å². The van der Waals surface area contributed by atoms with Crippen LogP contribution in [0.15, 0.2) is 28.3 Å². The quantitative estimate of drug-likeness (QED) is 0.819. The highest BCUT2D eigenvalue weighted by atomic mass is 79.9. The maximum absolute atomic E-state index is 12.0. The normalized spacial score (nSPS) is 10.2. The lowest BCUT2D eigenvalue weighted by atomic mass is 10.3. The summed E-state index contributed by atoms with van der Waals surface area (Å²) in [6.07, 6.45) is 3.16. The van der Waals surface area contributed by atoms with Crippen LogP contribution in [0.1, 0.15) is 23.0 Å². The van der Waals surface area contributed by atoms with E-state index in [1.165, 1.54) is 17.5 Å². The average molecular weight is 370 g/mol. The molecule has 0 fully saturated rings. The Morgan fingerprint density at radius 1 is 1.43 bits per heavy atom. The molecule has 0 unspecified atom stereocenters. The molecule has 2 rings (SSSR count). The van der Waals surface area contributed by atoms with E-state index in [9.17, 15) is 9.59 Å². The van der Waals surface area contributed by atoms with Gasteiger partial charge in [0.25, 0.3) is 5.91 Å². The molecule has 0 aromatic carbocycles. The molecule has 21 heavy (non-hydrogen) atoms. The highest BCUT2D eigenvalue weighted by Crippen LogP contribution is 2.18. The number of rotatable bonds is 5. The minimum atomic E-state index is -0.336. The Balaban J connectivity index is 1.99. The van der Waals surface area contributed by atoms with Crippen LogP contribution in [0.5, 0.6) is 0 Å². The van der Waals surface area contributed by atoms with Crippen molar-refractivity contribution in [1.29, 1.82) is 0 Å². The van der Waals surface area contributed by atoms with Crippen LogP contribution in [-0.2, 0) is 16.0 Å². The summed E-state index contributed by atoms with van der Waals surface area (Å²) in [5, 5.41) is 4.81. The minimum Gasteiger partial charge on any atom is -0.466 e. The van der Waals surface area contributed by atoms with Crippen molar-refractivity contribution in [2.45, 2.75) is 13.3 Å². The SMILES string of the molecule is CCOC(=O)Cc1csc(NC(=O)c2cncc(Br)c2)n1. The third-order valence-electron chi connectivity index (χ3n) is 2.37. The largest absolute Gasteiger partial charge is 0.466 e. The monoisotopic (exact) mass is 369 g/mol. The van der Waals surface area contributed by atoms with Gasteiger partial charge in [-0.1, -0.05) is 0 Å². The second-order valence-electron chi connectivity index (χ2n) is 3.97. The van der Waals surface area contributed by atoms with Crippen LogP contribution in [0.25, 0.3) is 0 Å². The van der Waals surface area contributed by atoms with E-state index in [2.05, 4.69) is 31.2 Å². The number of esters is 1. The van der Waals surface area contributed by atoms with Crippen molar-refractivity contribution in [2.24, 2.45) is 0 Å². The number of nitrogens with one attached hydrogen (secondary N) is 1. The number of amides is 1. The molecule has 0 saturated carbocycles. The van der Waals surface area contributed by atoms with Crippen LogP contribution in [0, 0.1) is 0 Å². The molecule has 0 bridgehead atoms. The molecule has 2 aromatic heterocycles. The minimum absolute atomic E-state index is 0.0959. The summed E-state index contributed by atoms with van der Waals surface area (Å²) in [5.74, 6) is -0.641. The molecule has 2 heterocycles. The van der Waals surface area contributed by atoms with Crippen LogP contribution >= 0.6 is 27.3 Å². The Morgan fingerprint density at radius 2 is 2.24 bits per heavy atom. The Labute approximate surface area is 133 Å². The molecule has 0 aliphatic heterocycles. The summed E-state index contributed by atoms with van der Waals surface area (Å²) in [6.45, 7) is 2.08. The van der Waals surface area contributed by atoms with Crippen molar-refractivity contribution >= 4 is 44.3 Å². The maximum atomic E-state index is 12.0. The Kier molecular flexibility index (Phi) is 5.40. The van der Waals surface area contributed by atoms with Gasteiger partial charge in [-0.15, -0.1) is 11.3 Å². The van der Waals surface area contributed by atoms with E-state index in [-0.39, 0.29) is 18.3 Å². The topological polar surface area (TPSA) is 81.2 Å². The van der Waals surface area contributed by atoms with Crippen molar-refractivity contribution in [2.75, 3.05) is 11.9 Å². The number of carbonyl (C=O) groups is 2. The fraction of sp³-hybridized carbons (Fsp3) is 0.231. The van der Waals surface area contributed by atoms with Crippen molar-refractivity contribution < 1.29 is 14.3 Å². The second-order valence-corrected chi connectivity index (χ2v) is 5.75. The van der Waals surface area contributed by atoms with E-state index >= 15 is 0 Å². The van der Waals surface area contributed by atoms with E-state index in [0.29, 0.717) is 23.0 Å². The van der Waals surface area contributed by atoms with E-state index in [0.717, 1.165) is 4.47 Å². The van der Waals surface area contributed by atoms with Crippen LogP contribution in [-0.4, -0.2) is 28.5 Å². The van der Waals surface area contributed by atoms with Gasteiger partial charge in [-0.25, -0.2) is 4.98 Å². The smallest absolute Gasteiger partial charge is 0.311 e. The molecule has 0 saturated heterocycles. The maximum Gasteiger partial charge on any atom is 0.311 e. The number of pyridine rings is 1. The fourth-order valence-electron chi connectivity index (χ4n) is 1.51. The number of hydrogen-bond acceptors (Lipinski definition) is 6. The van der Waals surface area contributed by atoms with E-state index < -0.39 is 0 Å². The summed E-state index contributed by atoms with van der Waals surface area (Å²) in [4.78, 5) is 31.4. The van der Waals surface area contributed by atoms with E-state index in [1.54, 1.807) is 24.6 Å². The van der Waals surface area contributed by atoms with Crippen LogP contribution < -0.4 is 5.32 Å². The van der Waals surface area contributed by atoms with E-state index in [1.807, 2.05) is 0 Å². The van der Waals surface area contributed by atoms with Crippen molar-refractivity contribution in [1.82, 2.24) is 9.97 Å². The van der Waals surface area contributed by atoms with E-state index in [4.69, 9.17) is 4.74 Å². The number of carbonyl (C=O) groups excluding carboxylic acids is 2. The first-order valence-electron chi connectivity index (χ1n) is 6.10. The third-order valence-corrected chi connectivity index (χ3v) is 3.61. The number of thiazole rings is 1. The lowest BCUT2D eigenvalue weighted by Crippen LogP contribution is -2.12. The Bertz CT molecular complexity index is 660. The molecule has 6 nitrogen and oxygen atoms in total. The van der Waals surface area contributed by atoms with Crippen molar-refractivity contribution in [3.63, 3.8) is 0 Å². The van der Waals surface area contributed by atoms with Gasteiger partial charge in [0.15, 0.2) is 5.13 Å². The number of ether oxygens (including phenoxy) is 1. The second kappa shape index (κ2) is 7.28. The van der Waals surface area contributed by atoms with Gasteiger partial charge in [-0.05, 0) is 28.9 Å². The number of nitrogens with zero attached hydrogens (tertiary/aromatic N) is 2. The van der Waals surface area contributed by atoms with Crippen LogP contribution in [0.3, 0.4) is 0 Å². The van der Waals surface area contributed by atoms with Gasteiger partial charge >= 0.3 is 5.97 Å². The first-order valence-corrected chi connectivity index (χ1v) is 7.77. The van der Waals surface area contributed by atoms with Gasteiger partial charge < -0.3 is 4.74 Å². The number of halogens is 1. The summed E-state index contributed by atoms with van der Waals surface area (Å²) in [5.41, 5.74) is 0.993. The average Bonchev–Trinajstić information content (AvgIpc) is 2.86. The zero-order chi connectivity index (χ0) is 15.2. The van der Waals surface area contributed by atoms with Crippen molar-refractivity contribution in [3.05, 3.63) is 39.6 Å². The van der Waals surface area contributed by atoms with Gasteiger partial charge in [-0.3, -0.25) is 19.9 Å².